The van der Waals surface area contributed by atoms with E-state index in [2.05, 4.69) is 65.2 Å². The van der Waals surface area contributed by atoms with Gasteiger partial charge < -0.3 is 4.57 Å². The van der Waals surface area contributed by atoms with Gasteiger partial charge >= 0.3 is 0 Å². The minimum atomic E-state index is 0.905. The van der Waals surface area contributed by atoms with Gasteiger partial charge in [-0.05, 0) is 30.5 Å². The Hall–Kier alpha value is -2.35. The van der Waals surface area contributed by atoms with E-state index in [0.717, 1.165) is 19.5 Å². The molecule has 2 nitrogen and oxygen atoms in total. The van der Waals surface area contributed by atoms with Crippen molar-refractivity contribution in [2.75, 3.05) is 6.54 Å². The maximum Gasteiger partial charge on any atom is 0.0635 e. The molecular weight excluding hydrogens is 256 g/mol. The van der Waals surface area contributed by atoms with Gasteiger partial charge in [-0.25, -0.2) is 0 Å². The zero-order valence-corrected chi connectivity index (χ0v) is 12.0. The van der Waals surface area contributed by atoms with Crippen LogP contribution in [0.1, 0.15) is 24.1 Å². The number of nitrogens with zero attached hydrogens (tertiary/aromatic N) is 2. The number of fused-ring (bicyclic) bond motifs is 1. The molecular formula is C19H18N2. The molecule has 21 heavy (non-hydrogen) atoms. The first-order valence-electron chi connectivity index (χ1n) is 7.58. The van der Waals surface area contributed by atoms with E-state index in [4.69, 9.17) is 4.99 Å². The van der Waals surface area contributed by atoms with Crippen molar-refractivity contribution in [1.82, 2.24) is 4.57 Å². The predicted octanol–water partition coefficient (Wildman–Crippen LogP) is 4.27. The molecule has 0 saturated carbocycles. The zero-order chi connectivity index (χ0) is 14.1. The third kappa shape index (κ3) is 2.27. The van der Waals surface area contributed by atoms with Gasteiger partial charge in [0.05, 0.1) is 11.4 Å². The highest BCUT2D eigenvalue weighted by atomic mass is 15.0. The topological polar surface area (TPSA) is 17.3 Å². The Labute approximate surface area is 124 Å². The van der Waals surface area contributed by atoms with Gasteiger partial charge in [-0.3, -0.25) is 4.99 Å². The van der Waals surface area contributed by atoms with Crippen molar-refractivity contribution >= 4 is 16.6 Å². The average Bonchev–Trinajstić information content (AvgIpc) is 3.16. The second-order valence-corrected chi connectivity index (χ2v) is 5.59. The van der Waals surface area contributed by atoms with Crippen molar-refractivity contribution < 1.29 is 0 Å². The maximum absolute atomic E-state index is 4.70. The Morgan fingerprint density at radius 1 is 0.952 bits per heavy atom. The molecule has 4 rings (SSSR count). The van der Waals surface area contributed by atoms with Crippen LogP contribution in [0.4, 0.5) is 0 Å². The van der Waals surface area contributed by atoms with Crippen molar-refractivity contribution in [3.8, 4) is 0 Å². The molecule has 0 N–H and O–H groups in total. The molecule has 1 aromatic heterocycles. The fraction of sp³-hybridized carbons (Fsp3) is 0.211. The first-order valence-corrected chi connectivity index (χ1v) is 7.58. The van der Waals surface area contributed by atoms with E-state index in [0.29, 0.717) is 0 Å². The molecule has 0 spiro atoms. The normalized spacial score (nSPS) is 14.6. The molecule has 0 amide bonds. The SMILES string of the molecule is c1ccc(Cn2c(C3=NCCC3)cc3ccccc32)cc1. The van der Waals surface area contributed by atoms with Gasteiger partial charge in [0.1, 0.15) is 0 Å². The highest BCUT2D eigenvalue weighted by molar-refractivity contribution is 6.04. The molecule has 104 valence electrons. The van der Waals surface area contributed by atoms with Gasteiger partial charge in [0.25, 0.3) is 0 Å². The third-order valence-electron chi connectivity index (χ3n) is 4.16. The molecule has 0 fully saturated rings. The lowest BCUT2D eigenvalue weighted by Gasteiger charge is -2.11. The maximum atomic E-state index is 4.70. The second kappa shape index (κ2) is 5.21. The molecule has 0 saturated heterocycles. The van der Waals surface area contributed by atoms with Crippen molar-refractivity contribution in [2.24, 2.45) is 4.99 Å². The summed E-state index contributed by atoms with van der Waals surface area (Å²) < 4.78 is 2.41. The highest BCUT2D eigenvalue weighted by Gasteiger charge is 2.16. The summed E-state index contributed by atoms with van der Waals surface area (Å²) in [7, 11) is 0. The molecule has 1 aliphatic heterocycles. The Bertz CT molecular complexity index is 797. The summed E-state index contributed by atoms with van der Waals surface area (Å²) in [5, 5.41) is 1.30. The smallest absolute Gasteiger partial charge is 0.0635 e. The van der Waals surface area contributed by atoms with Crippen LogP contribution in [0.15, 0.2) is 65.7 Å². The first-order chi connectivity index (χ1) is 10.4. The molecule has 0 atom stereocenters. The summed E-state index contributed by atoms with van der Waals surface area (Å²) in [6, 6.07) is 21.6. The van der Waals surface area contributed by atoms with E-state index in [9.17, 15) is 0 Å². The molecule has 0 aliphatic carbocycles. The summed E-state index contributed by atoms with van der Waals surface area (Å²) in [6.07, 6.45) is 2.29. The Morgan fingerprint density at radius 3 is 2.57 bits per heavy atom. The van der Waals surface area contributed by atoms with Gasteiger partial charge in [0.15, 0.2) is 0 Å². The monoisotopic (exact) mass is 274 g/mol. The number of aromatic nitrogens is 1. The fourth-order valence-corrected chi connectivity index (χ4v) is 3.13. The molecule has 2 aromatic carbocycles. The predicted molar refractivity (Wildman–Crippen MR) is 88.1 cm³/mol. The van der Waals surface area contributed by atoms with Crippen LogP contribution in [0.5, 0.6) is 0 Å². The van der Waals surface area contributed by atoms with Crippen LogP contribution < -0.4 is 0 Å². The van der Waals surface area contributed by atoms with E-state index in [-0.39, 0.29) is 0 Å². The first kappa shape index (κ1) is 12.4. The van der Waals surface area contributed by atoms with Gasteiger partial charge in [-0.15, -0.1) is 0 Å². The Kier molecular flexibility index (Phi) is 3.07. The molecule has 3 aromatic rings. The Balaban J connectivity index is 1.86. The second-order valence-electron chi connectivity index (χ2n) is 5.59. The lowest BCUT2D eigenvalue weighted by atomic mass is 10.2. The van der Waals surface area contributed by atoms with Crippen molar-refractivity contribution in [3.05, 3.63) is 71.9 Å². The highest BCUT2D eigenvalue weighted by Crippen LogP contribution is 2.24. The zero-order valence-electron chi connectivity index (χ0n) is 12.0. The van der Waals surface area contributed by atoms with Gasteiger partial charge in [-0.1, -0.05) is 48.5 Å². The lowest BCUT2D eigenvalue weighted by molar-refractivity contribution is 0.825. The third-order valence-corrected chi connectivity index (χ3v) is 4.16. The van der Waals surface area contributed by atoms with Gasteiger partial charge in [-0.2, -0.15) is 0 Å². The lowest BCUT2D eigenvalue weighted by Crippen LogP contribution is -2.09. The molecule has 0 bridgehead atoms. The van der Waals surface area contributed by atoms with Crippen LogP contribution in [0.25, 0.3) is 10.9 Å². The molecule has 2 heteroatoms. The van der Waals surface area contributed by atoms with E-state index in [1.54, 1.807) is 0 Å². The van der Waals surface area contributed by atoms with Crippen molar-refractivity contribution in [2.45, 2.75) is 19.4 Å². The number of rotatable bonds is 3. The average molecular weight is 274 g/mol. The fourth-order valence-electron chi connectivity index (χ4n) is 3.13. The quantitative estimate of drug-likeness (QED) is 0.678. The largest absolute Gasteiger partial charge is 0.335 e. The number of para-hydroxylation sites is 1. The Morgan fingerprint density at radius 2 is 1.76 bits per heavy atom. The summed E-state index contributed by atoms with van der Waals surface area (Å²) in [5.74, 6) is 0. The van der Waals surface area contributed by atoms with Crippen LogP contribution in [0, 0.1) is 0 Å². The van der Waals surface area contributed by atoms with Crippen LogP contribution >= 0.6 is 0 Å². The van der Waals surface area contributed by atoms with Crippen LogP contribution in [0.3, 0.4) is 0 Å². The number of benzene rings is 2. The number of hydrogen-bond donors (Lipinski definition) is 0. The van der Waals surface area contributed by atoms with E-state index < -0.39 is 0 Å². The molecule has 1 aliphatic rings. The molecule has 0 radical (unpaired) electrons. The molecule has 0 unspecified atom stereocenters. The van der Waals surface area contributed by atoms with Crippen LogP contribution in [-0.4, -0.2) is 16.8 Å². The summed E-state index contributed by atoms with van der Waals surface area (Å²) >= 11 is 0. The van der Waals surface area contributed by atoms with Crippen LogP contribution in [0.2, 0.25) is 0 Å². The number of aliphatic imine (C=N–C) groups is 1. The van der Waals surface area contributed by atoms with E-state index >= 15 is 0 Å². The number of hydrogen-bond acceptors (Lipinski definition) is 1. The van der Waals surface area contributed by atoms with Gasteiger partial charge in [0.2, 0.25) is 0 Å². The minimum Gasteiger partial charge on any atom is -0.335 e. The summed E-state index contributed by atoms with van der Waals surface area (Å²) in [6.45, 7) is 1.88. The van der Waals surface area contributed by atoms with Crippen molar-refractivity contribution in [1.29, 1.82) is 0 Å². The minimum absolute atomic E-state index is 0.905. The summed E-state index contributed by atoms with van der Waals surface area (Å²) in [4.78, 5) is 4.70. The van der Waals surface area contributed by atoms with E-state index in [1.807, 2.05) is 0 Å². The molecule has 2 heterocycles. The van der Waals surface area contributed by atoms with Gasteiger partial charge in [0, 0.05) is 24.0 Å². The summed E-state index contributed by atoms with van der Waals surface area (Å²) in [5.41, 5.74) is 5.18. The van der Waals surface area contributed by atoms with Crippen LogP contribution in [-0.2, 0) is 6.54 Å². The van der Waals surface area contributed by atoms with E-state index in [1.165, 1.54) is 34.3 Å². The standard InChI is InChI=1S/C19H18N2/c1-2-7-15(8-3-1)14-21-18-11-5-4-9-16(18)13-19(21)17-10-6-12-20-17/h1-5,7-9,11,13H,6,10,12,14H2. The van der Waals surface area contributed by atoms with Crippen molar-refractivity contribution in [3.63, 3.8) is 0 Å².